The number of aryl methyl sites for hydroxylation is 2. The van der Waals surface area contributed by atoms with Gasteiger partial charge in [0.05, 0.1) is 12.8 Å². The summed E-state index contributed by atoms with van der Waals surface area (Å²) in [4.78, 5) is 9.15. The molecule has 0 saturated heterocycles. The van der Waals surface area contributed by atoms with E-state index in [1.807, 2.05) is 32.0 Å². The smallest absolute Gasteiger partial charge is 0.159 e. The number of ether oxygens (including phenoxy) is 1. The van der Waals surface area contributed by atoms with Gasteiger partial charge in [0, 0.05) is 17.8 Å². The van der Waals surface area contributed by atoms with Crippen molar-refractivity contribution in [3.05, 3.63) is 41.2 Å². The number of aromatic nitrogens is 2. The van der Waals surface area contributed by atoms with Crippen molar-refractivity contribution in [1.29, 1.82) is 0 Å². The minimum Gasteiger partial charge on any atom is -0.496 e. The van der Waals surface area contributed by atoms with Crippen molar-refractivity contribution in [1.82, 2.24) is 15.3 Å². The van der Waals surface area contributed by atoms with Crippen LogP contribution in [-0.2, 0) is 6.54 Å². The van der Waals surface area contributed by atoms with Crippen LogP contribution in [0.5, 0.6) is 5.75 Å². The first-order chi connectivity index (χ1) is 9.63. The fourth-order valence-corrected chi connectivity index (χ4v) is 2.12. The zero-order chi connectivity index (χ0) is 14.5. The molecule has 0 aliphatic carbocycles. The SMILES string of the molecule is CCNCc1cc(C)nc(-c2ccc(OC)c(C)c2)n1. The van der Waals surface area contributed by atoms with Gasteiger partial charge in [-0.15, -0.1) is 0 Å². The van der Waals surface area contributed by atoms with Gasteiger partial charge in [0.1, 0.15) is 5.75 Å². The van der Waals surface area contributed by atoms with E-state index in [9.17, 15) is 0 Å². The summed E-state index contributed by atoms with van der Waals surface area (Å²) in [5, 5.41) is 3.29. The molecule has 0 unspecified atom stereocenters. The highest BCUT2D eigenvalue weighted by atomic mass is 16.5. The van der Waals surface area contributed by atoms with E-state index in [0.717, 1.165) is 47.2 Å². The maximum atomic E-state index is 5.29. The predicted molar refractivity (Wildman–Crippen MR) is 80.9 cm³/mol. The first-order valence-electron chi connectivity index (χ1n) is 6.84. The lowest BCUT2D eigenvalue weighted by atomic mass is 10.1. The van der Waals surface area contributed by atoms with Crippen molar-refractivity contribution in [3.63, 3.8) is 0 Å². The van der Waals surface area contributed by atoms with Crippen LogP contribution in [0.1, 0.15) is 23.9 Å². The van der Waals surface area contributed by atoms with E-state index in [2.05, 4.69) is 28.3 Å². The molecule has 106 valence electrons. The highest BCUT2D eigenvalue weighted by molar-refractivity contribution is 5.58. The quantitative estimate of drug-likeness (QED) is 0.908. The normalized spacial score (nSPS) is 10.6. The number of nitrogens with one attached hydrogen (secondary N) is 1. The zero-order valence-electron chi connectivity index (χ0n) is 12.5. The Labute approximate surface area is 120 Å². The molecule has 0 amide bonds. The minimum absolute atomic E-state index is 0.766. The maximum absolute atomic E-state index is 5.29. The van der Waals surface area contributed by atoms with E-state index < -0.39 is 0 Å². The Morgan fingerprint density at radius 2 is 1.95 bits per heavy atom. The van der Waals surface area contributed by atoms with Gasteiger partial charge in [-0.25, -0.2) is 9.97 Å². The summed E-state index contributed by atoms with van der Waals surface area (Å²) in [7, 11) is 1.68. The third-order valence-corrected chi connectivity index (χ3v) is 3.12. The molecule has 1 aromatic carbocycles. The fraction of sp³-hybridized carbons (Fsp3) is 0.375. The molecule has 0 aliphatic rings. The molecule has 2 aromatic rings. The average molecular weight is 271 g/mol. The van der Waals surface area contributed by atoms with Crippen LogP contribution in [0.15, 0.2) is 24.3 Å². The number of benzene rings is 1. The van der Waals surface area contributed by atoms with E-state index in [4.69, 9.17) is 4.74 Å². The van der Waals surface area contributed by atoms with Crippen molar-refractivity contribution in [2.45, 2.75) is 27.3 Å². The summed E-state index contributed by atoms with van der Waals surface area (Å²) in [6.45, 7) is 7.80. The van der Waals surface area contributed by atoms with Gasteiger partial charge in [-0.1, -0.05) is 6.92 Å². The van der Waals surface area contributed by atoms with Gasteiger partial charge >= 0.3 is 0 Å². The van der Waals surface area contributed by atoms with E-state index in [0.29, 0.717) is 0 Å². The molecule has 1 aromatic heterocycles. The van der Waals surface area contributed by atoms with Crippen molar-refractivity contribution in [2.75, 3.05) is 13.7 Å². The summed E-state index contributed by atoms with van der Waals surface area (Å²) in [5.41, 5.74) is 4.10. The van der Waals surface area contributed by atoms with Gasteiger partial charge in [0.25, 0.3) is 0 Å². The van der Waals surface area contributed by atoms with Gasteiger partial charge in [-0.2, -0.15) is 0 Å². The van der Waals surface area contributed by atoms with E-state index >= 15 is 0 Å². The van der Waals surface area contributed by atoms with E-state index in [1.54, 1.807) is 7.11 Å². The maximum Gasteiger partial charge on any atom is 0.159 e. The molecule has 1 N–H and O–H groups in total. The number of methoxy groups -OCH3 is 1. The Kier molecular flexibility index (Phi) is 4.69. The molecule has 0 aliphatic heterocycles. The first-order valence-corrected chi connectivity index (χ1v) is 6.84. The zero-order valence-corrected chi connectivity index (χ0v) is 12.5. The summed E-state index contributed by atoms with van der Waals surface area (Å²) in [6.07, 6.45) is 0. The lowest BCUT2D eigenvalue weighted by Crippen LogP contribution is -2.13. The second-order valence-corrected chi connectivity index (χ2v) is 4.79. The van der Waals surface area contributed by atoms with Crippen LogP contribution in [0.2, 0.25) is 0 Å². The highest BCUT2D eigenvalue weighted by Gasteiger charge is 2.07. The molecule has 1 heterocycles. The van der Waals surface area contributed by atoms with Crippen molar-refractivity contribution in [3.8, 4) is 17.1 Å². The Morgan fingerprint density at radius 1 is 1.15 bits per heavy atom. The minimum atomic E-state index is 0.766. The van der Waals surface area contributed by atoms with Crippen molar-refractivity contribution >= 4 is 0 Å². The summed E-state index contributed by atoms with van der Waals surface area (Å²) in [6, 6.07) is 8.03. The molecule has 0 fully saturated rings. The molecule has 0 spiro atoms. The molecular formula is C16H21N3O. The van der Waals surface area contributed by atoms with Crippen LogP contribution in [0, 0.1) is 13.8 Å². The number of rotatable bonds is 5. The standard InChI is InChI=1S/C16H21N3O/c1-5-17-10-14-9-12(3)18-16(19-14)13-6-7-15(20-4)11(2)8-13/h6-9,17H,5,10H2,1-4H3. The largest absolute Gasteiger partial charge is 0.496 e. The third kappa shape index (κ3) is 3.33. The second kappa shape index (κ2) is 6.48. The van der Waals surface area contributed by atoms with Gasteiger partial charge in [0.15, 0.2) is 5.82 Å². The summed E-state index contributed by atoms with van der Waals surface area (Å²) < 4.78 is 5.29. The van der Waals surface area contributed by atoms with Crippen LogP contribution in [0.4, 0.5) is 0 Å². The van der Waals surface area contributed by atoms with Crippen molar-refractivity contribution < 1.29 is 4.74 Å². The van der Waals surface area contributed by atoms with Gasteiger partial charge in [-0.3, -0.25) is 0 Å². The monoisotopic (exact) mass is 271 g/mol. The number of hydrogen-bond donors (Lipinski definition) is 1. The molecule has 20 heavy (non-hydrogen) atoms. The van der Waals surface area contributed by atoms with Crippen LogP contribution < -0.4 is 10.1 Å². The Hall–Kier alpha value is -1.94. The predicted octanol–water partition coefficient (Wildman–Crippen LogP) is 2.88. The molecule has 2 rings (SSSR count). The Morgan fingerprint density at radius 3 is 2.60 bits per heavy atom. The number of hydrogen-bond acceptors (Lipinski definition) is 4. The Balaban J connectivity index is 2.36. The van der Waals surface area contributed by atoms with Gasteiger partial charge in [0.2, 0.25) is 0 Å². The second-order valence-electron chi connectivity index (χ2n) is 4.79. The van der Waals surface area contributed by atoms with Gasteiger partial charge in [-0.05, 0) is 50.2 Å². The van der Waals surface area contributed by atoms with Crippen LogP contribution >= 0.6 is 0 Å². The van der Waals surface area contributed by atoms with E-state index in [1.165, 1.54) is 0 Å². The van der Waals surface area contributed by atoms with Crippen molar-refractivity contribution in [2.24, 2.45) is 0 Å². The average Bonchev–Trinajstić information content (AvgIpc) is 2.44. The lowest BCUT2D eigenvalue weighted by molar-refractivity contribution is 0.412. The topological polar surface area (TPSA) is 47.0 Å². The van der Waals surface area contributed by atoms with Gasteiger partial charge < -0.3 is 10.1 Å². The van der Waals surface area contributed by atoms with Crippen LogP contribution in [-0.4, -0.2) is 23.6 Å². The fourth-order valence-electron chi connectivity index (χ4n) is 2.12. The van der Waals surface area contributed by atoms with Crippen LogP contribution in [0.25, 0.3) is 11.4 Å². The molecule has 4 nitrogen and oxygen atoms in total. The molecule has 0 atom stereocenters. The highest BCUT2D eigenvalue weighted by Crippen LogP contribution is 2.24. The number of nitrogens with zero attached hydrogens (tertiary/aromatic N) is 2. The molecule has 0 bridgehead atoms. The molecule has 0 saturated carbocycles. The molecular weight excluding hydrogens is 250 g/mol. The van der Waals surface area contributed by atoms with E-state index in [-0.39, 0.29) is 0 Å². The summed E-state index contributed by atoms with van der Waals surface area (Å²) >= 11 is 0. The molecule has 0 radical (unpaired) electrons. The third-order valence-electron chi connectivity index (χ3n) is 3.12. The lowest BCUT2D eigenvalue weighted by Gasteiger charge is -2.09. The first kappa shape index (κ1) is 14.5. The molecule has 4 heteroatoms. The van der Waals surface area contributed by atoms with Crippen LogP contribution in [0.3, 0.4) is 0 Å². The Bertz CT molecular complexity index is 596. The summed E-state index contributed by atoms with van der Waals surface area (Å²) in [5.74, 6) is 1.65.